The lowest BCUT2D eigenvalue weighted by molar-refractivity contribution is 0.251. The van der Waals surface area contributed by atoms with E-state index in [1.165, 1.54) is 25.7 Å². The van der Waals surface area contributed by atoms with Gasteiger partial charge in [-0.05, 0) is 49.4 Å². The molecular weight excluding hydrogens is 258 g/mol. The van der Waals surface area contributed by atoms with Crippen LogP contribution < -0.4 is 10.1 Å². The van der Waals surface area contributed by atoms with Gasteiger partial charge in [-0.3, -0.25) is 0 Å². The molecule has 1 N–H and O–H groups in total. The third kappa shape index (κ3) is 4.39. The van der Waals surface area contributed by atoms with Gasteiger partial charge in [0, 0.05) is 17.6 Å². The molecule has 1 aliphatic carbocycles. The van der Waals surface area contributed by atoms with E-state index in [0.29, 0.717) is 12.6 Å². The second-order valence-corrected chi connectivity index (χ2v) is 5.99. The standard InChI is InChI=1S/C16H24ClNO/c1-12-5-3-4-6-16(12)18-9-10-19-14-7-8-15(17)13(2)11-14/h7-8,11-12,16,18H,3-6,9-10H2,1-2H3. The topological polar surface area (TPSA) is 21.3 Å². The van der Waals surface area contributed by atoms with Gasteiger partial charge in [-0.25, -0.2) is 0 Å². The van der Waals surface area contributed by atoms with Gasteiger partial charge in [-0.15, -0.1) is 0 Å². The quantitative estimate of drug-likeness (QED) is 0.817. The lowest BCUT2D eigenvalue weighted by atomic mass is 9.86. The summed E-state index contributed by atoms with van der Waals surface area (Å²) in [6.45, 7) is 5.97. The second kappa shape index (κ2) is 7.16. The Bertz CT molecular complexity index is 408. The molecule has 106 valence electrons. The molecule has 0 radical (unpaired) electrons. The highest BCUT2D eigenvalue weighted by Gasteiger charge is 2.20. The summed E-state index contributed by atoms with van der Waals surface area (Å²) in [5.41, 5.74) is 1.06. The van der Waals surface area contributed by atoms with Crippen molar-refractivity contribution in [1.82, 2.24) is 5.32 Å². The zero-order valence-corrected chi connectivity index (χ0v) is 12.7. The van der Waals surface area contributed by atoms with Gasteiger partial charge >= 0.3 is 0 Å². The van der Waals surface area contributed by atoms with E-state index in [9.17, 15) is 0 Å². The average Bonchev–Trinajstić information content (AvgIpc) is 2.40. The highest BCUT2D eigenvalue weighted by atomic mass is 35.5. The number of hydrogen-bond donors (Lipinski definition) is 1. The van der Waals surface area contributed by atoms with Crippen LogP contribution in [0.15, 0.2) is 18.2 Å². The number of nitrogens with one attached hydrogen (secondary N) is 1. The largest absolute Gasteiger partial charge is 0.492 e. The summed E-state index contributed by atoms with van der Waals surface area (Å²) >= 11 is 5.99. The van der Waals surface area contributed by atoms with Crippen LogP contribution >= 0.6 is 11.6 Å². The Morgan fingerprint density at radius 3 is 2.84 bits per heavy atom. The predicted octanol–water partition coefficient (Wildman–Crippen LogP) is 4.20. The molecule has 0 amide bonds. The van der Waals surface area contributed by atoms with Gasteiger partial charge in [0.05, 0.1) is 0 Å². The van der Waals surface area contributed by atoms with Gasteiger partial charge in [0.1, 0.15) is 12.4 Å². The molecule has 1 aromatic rings. The number of ether oxygens (including phenoxy) is 1. The summed E-state index contributed by atoms with van der Waals surface area (Å²) in [6, 6.07) is 6.48. The molecule has 0 spiro atoms. The van der Waals surface area contributed by atoms with Gasteiger partial charge in [0.2, 0.25) is 0 Å². The fourth-order valence-electron chi connectivity index (χ4n) is 2.74. The first-order valence-corrected chi connectivity index (χ1v) is 7.67. The van der Waals surface area contributed by atoms with Crippen LogP contribution in [0.3, 0.4) is 0 Å². The Balaban J connectivity index is 1.70. The molecule has 1 saturated carbocycles. The first kappa shape index (κ1) is 14.7. The normalized spacial score (nSPS) is 23.3. The van der Waals surface area contributed by atoms with Crippen LogP contribution in [0.1, 0.15) is 38.2 Å². The average molecular weight is 282 g/mol. The van der Waals surface area contributed by atoms with Crippen LogP contribution in [0.25, 0.3) is 0 Å². The van der Waals surface area contributed by atoms with Crippen molar-refractivity contribution in [3.63, 3.8) is 0 Å². The predicted molar refractivity (Wildman–Crippen MR) is 81.1 cm³/mol. The highest BCUT2D eigenvalue weighted by Crippen LogP contribution is 2.23. The van der Waals surface area contributed by atoms with Crippen LogP contribution in [0.4, 0.5) is 0 Å². The maximum absolute atomic E-state index is 5.99. The van der Waals surface area contributed by atoms with E-state index in [4.69, 9.17) is 16.3 Å². The van der Waals surface area contributed by atoms with Crippen molar-refractivity contribution in [1.29, 1.82) is 0 Å². The number of halogens is 1. The smallest absolute Gasteiger partial charge is 0.119 e. The van der Waals surface area contributed by atoms with Crippen LogP contribution in [0, 0.1) is 12.8 Å². The Kier molecular flexibility index (Phi) is 5.53. The van der Waals surface area contributed by atoms with Crippen molar-refractivity contribution in [2.75, 3.05) is 13.2 Å². The monoisotopic (exact) mass is 281 g/mol. The van der Waals surface area contributed by atoms with E-state index in [-0.39, 0.29) is 0 Å². The molecule has 2 nitrogen and oxygen atoms in total. The minimum atomic E-state index is 0.671. The van der Waals surface area contributed by atoms with E-state index in [1.807, 2.05) is 25.1 Å². The molecule has 1 aromatic carbocycles. The highest BCUT2D eigenvalue weighted by molar-refractivity contribution is 6.31. The fraction of sp³-hybridized carbons (Fsp3) is 0.625. The number of benzene rings is 1. The lowest BCUT2D eigenvalue weighted by Gasteiger charge is -2.29. The van der Waals surface area contributed by atoms with Crippen molar-refractivity contribution >= 4 is 11.6 Å². The molecule has 2 unspecified atom stereocenters. The fourth-order valence-corrected chi connectivity index (χ4v) is 2.86. The number of rotatable bonds is 5. The molecule has 0 heterocycles. The van der Waals surface area contributed by atoms with Crippen LogP contribution in [0.5, 0.6) is 5.75 Å². The van der Waals surface area contributed by atoms with Gasteiger partial charge in [0.15, 0.2) is 0 Å². The van der Waals surface area contributed by atoms with Gasteiger partial charge < -0.3 is 10.1 Å². The third-order valence-corrected chi connectivity index (χ3v) is 4.44. The van der Waals surface area contributed by atoms with E-state index >= 15 is 0 Å². The molecule has 2 rings (SSSR count). The van der Waals surface area contributed by atoms with Crippen LogP contribution in [-0.2, 0) is 0 Å². The van der Waals surface area contributed by atoms with Crippen molar-refractivity contribution in [3.8, 4) is 5.75 Å². The molecule has 0 aliphatic heterocycles. The molecular formula is C16H24ClNO. The summed E-state index contributed by atoms with van der Waals surface area (Å²) < 4.78 is 5.75. The number of hydrogen-bond acceptors (Lipinski definition) is 2. The molecule has 0 bridgehead atoms. The molecule has 0 aromatic heterocycles. The Hall–Kier alpha value is -0.730. The summed E-state index contributed by atoms with van der Waals surface area (Å²) in [6.07, 6.45) is 5.41. The number of aryl methyl sites for hydroxylation is 1. The van der Waals surface area contributed by atoms with Crippen LogP contribution in [0.2, 0.25) is 5.02 Å². The Morgan fingerprint density at radius 2 is 2.11 bits per heavy atom. The van der Waals surface area contributed by atoms with Gasteiger partial charge in [-0.2, -0.15) is 0 Å². The summed E-state index contributed by atoms with van der Waals surface area (Å²) in [4.78, 5) is 0. The first-order valence-electron chi connectivity index (χ1n) is 7.29. The zero-order valence-electron chi connectivity index (χ0n) is 11.9. The summed E-state index contributed by atoms with van der Waals surface area (Å²) in [5.74, 6) is 1.70. The van der Waals surface area contributed by atoms with Crippen molar-refractivity contribution in [2.24, 2.45) is 5.92 Å². The second-order valence-electron chi connectivity index (χ2n) is 5.58. The van der Waals surface area contributed by atoms with Crippen molar-refractivity contribution in [2.45, 2.75) is 45.6 Å². The lowest BCUT2D eigenvalue weighted by Crippen LogP contribution is -2.39. The minimum Gasteiger partial charge on any atom is -0.492 e. The molecule has 1 fully saturated rings. The van der Waals surface area contributed by atoms with Crippen molar-refractivity contribution in [3.05, 3.63) is 28.8 Å². The molecule has 3 heteroatoms. The Morgan fingerprint density at radius 1 is 1.32 bits per heavy atom. The zero-order chi connectivity index (χ0) is 13.7. The van der Waals surface area contributed by atoms with Gasteiger partial charge in [-0.1, -0.05) is 31.4 Å². The first-order chi connectivity index (χ1) is 9.16. The maximum atomic E-state index is 5.99. The summed E-state index contributed by atoms with van der Waals surface area (Å²) in [7, 11) is 0. The maximum Gasteiger partial charge on any atom is 0.119 e. The van der Waals surface area contributed by atoms with E-state index in [0.717, 1.165) is 28.8 Å². The third-order valence-electron chi connectivity index (χ3n) is 4.02. The van der Waals surface area contributed by atoms with Crippen LogP contribution in [-0.4, -0.2) is 19.2 Å². The van der Waals surface area contributed by atoms with Gasteiger partial charge in [0.25, 0.3) is 0 Å². The van der Waals surface area contributed by atoms with Crippen molar-refractivity contribution < 1.29 is 4.74 Å². The SMILES string of the molecule is Cc1cc(OCCNC2CCCCC2C)ccc1Cl. The van der Waals surface area contributed by atoms with E-state index < -0.39 is 0 Å². The van der Waals surface area contributed by atoms with E-state index in [1.54, 1.807) is 0 Å². The summed E-state index contributed by atoms with van der Waals surface area (Å²) in [5, 5.41) is 4.41. The molecule has 0 saturated heterocycles. The molecule has 19 heavy (non-hydrogen) atoms. The molecule has 2 atom stereocenters. The van der Waals surface area contributed by atoms with E-state index in [2.05, 4.69) is 12.2 Å². The molecule has 1 aliphatic rings. The minimum absolute atomic E-state index is 0.671. The Labute approximate surface area is 121 Å².